The molecule has 7 nitrogen and oxygen atoms in total. The molecule has 0 saturated carbocycles. The zero-order chi connectivity index (χ0) is 17.7. The van der Waals surface area contributed by atoms with Crippen molar-refractivity contribution in [3.8, 4) is 12.3 Å². The summed E-state index contributed by atoms with van der Waals surface area (Å²) in [7, 11) is 0. The molecule has 24 heavy (non-hydrogen) atoms. The molecule has 0 aliphatic carbocycles. The summed E-state index contributed by atoms with van der Waals surface area (Å²) in [6.07, 6.45) is 6.43. The van der Waals surface area contributed by atoms with Crippen molar-refractivity contribution in [2.75, 3.05) is 19.7 Å². The molecule has 1 aromatic carbocycles. The minimum Gasteiger partial charge on any atom is -0.452 e. The zero-order valence-electron chi connectivity index (χ0n) is 12.7. The number of benzene rings is 1. The van der Waals surface area contributed by atoms with Crippen LogP contribution in [0.25, 0.3) is 0 Å². The lowest BCUT2D eigenvalue weighted by Gasteiger charge is -2.09. The second-order valence-electron chi connectivity index (χ2n) is 4.83. The van der Waals surface area contributed by atoms with Gasteiger partial charge >= 0.3 is 5.97 Å². The van der Waals surface area contributed by atoms with Crippen molar-refractivity contribution in [1.82, 2.24) is 10.2 Å². The molecule has 7 heteroatoms. The number of rotatable bonds is 6. The van der Waals surface area contributed by atoms with Crippen LogP contribution in [0.15, 0.2) is 30.9 Å². The molecule has 1 heterocycles. The first-order chi connectivity index (χ1) is 11.5. The lowest BCUT2D eigenvalue weighted by Crippen LogP contribution is -2.29. The van der Waals surface area contributed by atoms with Gasteiger partial charge in [-0.15, -0.1) is 13.0 Å². The number of terminal acetylenes is 1. The molecule has 122 valence electrons. The van der Waals surface area contributed by atoms with E-state index in [1.807, 2.05) is 0 Å². The van der Waals surface area contributed by atoms with E-state index in [1.165, 1.54) is 24.3 Å². The lowest BCUT2D eigenvalue weighted by molar-refractivity contribution is -0.123. The van der Waals surface area contributed by atoms with Gasteiger partial charge in [-0.05, 0) is 18.2 Å². The molecule has 0 saturated heterocycles. The van der Waals surface area contributed by atoms with Crippen LogP contribution in [0.3, 0.4) is 0 Å². The number of carbonyl (C=O) groups excluding carboxylic acids is 4. The number of amides is 3. The monoisotopic (exact) mass is 326 g/mol. The van der Waals surface area contributed by atoms with E-state index in [4.69, 9.17) is 11.2 Å². The number of esters is 1. The molecule has 1 aliphatic rings. The maximum atomic E-state index is 12.2. The molecule has 0 unspecified atom stereocenters. The highest BCUT2D eigenvalue weighted by Gasteiger charge is 2.35. The summed E-state index contributed by atoms with van der Waals surface area (Å²) in [6.45, 7) is 3.12. The van der Waals surface area contributed by atoms with Crippen LogP contribution in [-0.4, -0.2) is 48.3 Å². The van der Waals surface area contributed by atoms with Crippen molar-refractivity contribution >= 4 is 23.7 Å². The fraction of sp³-hybridized carbons (Fsp3) is 0.176. The van der Waals surface area contributed by atoms with E-state index in [2.05, 4.69) is 17.8 Å². The number of nitrogens with one attached hydrogen (secondary N) is 1. The number of ether oxygens (including phenoxy) is 1. The number of nitrogens with zero attached hydrogens (tertiary/aromatic N) is 1. The van der Waals surface area contributed by atoms with Crippen molar-refractivity contribution in [2.24, 2.45) is 0 Å². The van der Waals surface area contributed by atoms with Gasteiger partial charge in [0.1, 0.15) is 0 Å². The standard InChI is InChI=1S/C17H14N2O5/c1-3-7-18-14(20)10-24-17(23)11-5-6-12-13(9-11)16(22)19(8-4-2)15(12)21/h1,4-6,9H,2,7-8,10H2,(H,18,20). The summed E-state index contributed by atoms with van der Waals surface area (Å²) >= 11 is 0. The van der Waals surface area contributed by atoms with E-state index in [9.17, 15) is 19.2 Å². The van der Waals surface area contributed by atoms with E-state index >= 15 is 0 Å². The predicted molar refractivity (Wildman–Crippen MR) is 84.1 cm³/mol. The van der Waals surface area contributed by atoms with Crippen LogP contribution in [0.1, 0.15) is 31.1 Å². The Balaban J connectivity index is 2.10. The quantitative estimate of drug-likeness (QED) is 0.353. The van der Waals surface area contributed by atoms with Crippen molar-refractivity contribution in [3.63, 3.8) is 0 Å². The summed E-state index contributed by atoms with van der Waals surface area (Å²) in [6, 6.07) is 4.02. The summed E-state index contributed by atoms with van der Waals surface area (Å²) in [5.74, 6) is -0.0462. The molecular formula is C17H14N2O5. The summed E-state index contributed by atoms with van der Waals surface area (Å²) in [5, 5.41) is 2.35. The highest BCUT2D eigenvalue weighted by atomic mass is 16.5. The van der Waals surface area contributed by atoms with Gasteiger partial charge in [-0.25, -0.2) is 4.79 Å². The van der Waals surface area contributed by atoms with Gasteiger partial charge in [-0.1, -0.05) is 12.0 Å². The average Bonchev–Trinajstić information content (AvgIpc) is 2.82. The number of fused-ring (bicyclic) bond motifs is 1. The van der Waals surface area contributed by atoms with E-state index in [1.54, 1.807) is 0 Å². The van der Waals surface area contributed by atoms with Crippen LogP contribution in [0.5, 0.6) is 0 Å². The molecule has 3 amide bonds. The molecule has 1 N–H and O–H groups in total. The average molecular weight is 326 g/mol. The normalized spacial score (nSPS) is 12.4. The van der Waals surface area contributed by atoms with E-state index < -0.39 is 30.3 Å². The zero-order valence-corrected chi connectivity index (χ0v) is 12.7. The van der Waals surface area contributed by atoms with E-state index in [0.717, 1.165) is 4.90 Å². The SMILES string of the molecule is C#CCNC(=O)COC(=O)c1ccc2c(c1)C(=O)N(CC=C)C2=O. The molecule has 0 atom stereocenters. The Morgan fingerprint density at radius 3 is 2.67 bits per heavy atom. The maximum absolute atomic E-state index is 12.2. The first kappa shape index (κ1) is 17.0. The van der Waals surface area contributed by atoms with Gasteiger partial charge in [0.25, 0.3) is 17.7 Å². The van der Waals surface area contributed by atoms with Crippen LogP contribution in [0, 0.1) is 12.3 Å². The molecule has 0 spiro atoms. The first-order valence-electron chi connectivity index (χ1n) is 6.98. The third-order valence-electron chi connectivity index (χ3n) is 3.24. The van der Waals surface area contributed by atoms with Gasteiger partial charge < -0.3 is 10.1 Å². The van der Waals surface area contributed by atoms with Crippen LogP contribution in [0.2, 0.25) is 0 Å². The lowest BCUT2D eigenvalue weighted by atomic mass is 10.1. The number of hydrogen-bond donors (Lipinski definition) is 1. The molecule has 0 radical (unpaired) electrons. The van der Waals surface area contributed by atoms with Gasteiger partial charge in [-0.2, -0.15) is 0 Å². The number of carbonyl (C=O) groups is 4. The van der Waals surface area contributed by atoms with E-state index in [-0.39, 0.29) is 29.8 Å². The minimum absolute atomic E-state index is 0.0327. The molecule has 0 fully saturated rings. The molecular weight excluding hydrogens is 312 g/mol. The number of hydrogen-bond acceptors (Lipinski definition) is 5. The summed E-state index contributed by atoms with van der Waals surface area (Å²) in [4.78, 5) is 48.6. The molecule has 1 aliphatic heterocycles. The first-order valence-corrected chi connectivity index (χ1v) is 6.98. The van der Waals surface area contributed by atoms with E-state index in [0.29, 0.717) is 0 Å². The fourth-order valence-electron chi connectivity index (χ4n) is 2.13. The van der Waals surface area contributed by atoms with Crippen molar-refractivity contribution in [3.05, 3.63) is 47.5 Å². The van der Waals surface area contributed by atoms with Crippen LogP contribution < -0.4 is 5.32 Å². The second-order valence-corrected chi connectivity index (χ2v) is 4.83. The highest BCUT2D eigenvalue weighted by Crippen LogP contribution is 2.24. The van der Waals surface area contributed by atoms with Crippen LogP contribution >= 0.6 is 0 Å². The van der Waals surface area contributed by atoms with Gasteiger partial charge in [-0.3, -0.25) is 19.3 Å². The topological polar surface area (TPSA) is 92.8 Å². The Kier molecular flexibility index (Phi) is 5.12. The predicted octanol–water partition coefficient (Wildman–Crippen LogP) is 0.375. The molecule has 0 bridgehead atoms. The summed E-state index contributed by atoms with van der Waals surface area (Å²) in [5.41, 5.74) is 0.401. The second kappa shape index (κ2) is 7.24. The van der Waals surface area contributed by atoms with Crippen molar-refractivity contribution in [2.45, 2.75) is 0 Å². The van der Waals surface area contributed by atoms with Gasteiger partial charge in [0.05, 0.1) is 23.2 Å². The Labute approximate surface area is 138 Å². The van der Waals surface area contributed by atoms with Gasteiger partial charge in [0.15, 0.2) is 6.61 Å². The van der Waals surface area contributed by atoms with Crippen LogP contribution in [0.4, 0.5) is 0 Å². The largest absolute Gasteiger partial charge is 0.452 e. The Morgan fingerprint density at radius 2 is 2.00 bits per heavy atom. The Morgan fingerprint density at radius 1 is 1.29 bits per heavy atom. The smallest absolute Gasteiger partial charge is 0.338 e. The van der Waals surface area contributed by atoms with Gasteiger partial charge in [0.2, 0.25) is 0 Å². The third-order valence-corrected chi connectivity index (χ3v) is 3.24. The van der Waals surface area contributed by atoms with Crippen molar-refractivity contribution < 1.29 is 23.9 Å². The Hall–Kier alpha value is -3.40. The molecule has 2 rings (SSSR count). The highest BCUT2D eigenvalue weighted by molar-refractivity contribution is 6.22. The van der Waals surface area contributed by atoms with Crippen molar-refractivity contribution in [1.29, 1.82) is 0 Å². The number of imide groups is 1. The fourth-order valence-corrected chi connectivity index (χ4v) is 2.13. The minimum atomic E-state index is -0.781. The third kappa shape index (κ3) is 3.33. The van der Waals surface area contributed by atoms with Gasteiger partial charge in [0, 0.05) is 6.54 Å². The maximum Gasteiger partial charge on any atom is 0.338 e. The van der Waals surface area contributed by atoms with Crippen LogP contribution in [-0.2, 0) is 9.53 Å². The Bertz CT molecular complexity index is 776. The molecule has 1 aromatic rings. The molecule has 0 aromatic heterocycles. The summed E-state index contributed by atoms with van der Waals surface area (Å²) < 4.78 is 4.84.